The molecule has 0 amide bonds. The van der Waals surface area contributed by atoms with Gasteiger partial charge >= 0.3 is 0 Å². The van der Waals surface area contributed by atoms with Gasteiger partial charge in [0.15, 0.2) is 5.82 Å². The molecule has 5 heteroatoms. The summed E-state index contributed by atoms with van der Waals surface area (Å²) in [6, 6.07) is 4.24. The number of rotatable bonds is 5. The van der Waals surface area contributed by atoms with Crippen molar-refractivity contribution < 1.29 is 0 Å². The van der Waals surface area contributed by atoms with Crippen LogP contribution in [0.15, 0.2) is 24.5 Å². The summed E-state index contributed by atoms with van der Waals surface area (Å²) in [7, 11) is 0. The van der Waals surface area contributed by atoms with Gasteiger partial charge in [0.1, 0.15) is 0 Å². The number of halogens is 1. The minimum atomic E-state index is 0.872. The van der Waals surface area contributed by atoms with Gasteiger partial charge in [-0.05, 0) is 53.3 Å². The zero-order chi connectivity index (χ0) is 13.0. The highest BCUT2D eigenvalue weighted by Gasteiger charge is 2.05. The molecule has 2 heterocycles. The van der Waals surface area contributed by atoms with Gasteiger partial charge in [0.05, 0.1) is 9.77 Å². The summed E-state index contributed by atoms with van der Waals surface area (Å²) in [6.07, 6.45) is 4.76. The second-order valence-electron chi connectivity index (χ2n) is 4.06. The van der Waals surface area contributed by atoms with Crippen LogP contribution in [-0.4, -0.2) is 21.3 Å². The van der Waals surface area contributed by atoms with E-state index in [9.17, 15) is 0 Å². The molecule has 96 valence electrons. The quantitative estimate of drug-likeness (QED) is 0.838. The molecule has 4 nitrogen and oxygen atoms in total. The number of hydrogen-bond donors (Lipinski definition) is 1. The lowest BCUT2D eigenvalue weighted by Crippen LogP contribution is -2.13. The molecule has 2 aromatic heterocycles. The zero-order valence-electron chi connectivity index (χ0n) is 10.7. The summed E-state index contributed by atoms with van der Waals surface area (Å²) in [6.45, 7) is 6.07. The van der Waals surface area contributed by atoms with E-state index in [0.29, 0.717) is 0 Å². The first-order chi connectivity index (χ1) is 8.72. The third-order valence-corrected chi connectivity index (χ3v) is 3.21. The fourth-order valence-corrected chi connectivity index (χ4v) is 2.12. The number of aromatic nitrogens is 3. The summed E-state index contributed by atoms with van der Waals surface area (Å²) >= 11 is 2.25. The molecule has 18 heavy (non-hydrogen) atoms. The molecule has 1 N–H and O–H groups in total. The van der Waals surface area contributed by atoms with Crippen molar-refractivity contribution >= 4 is 22.6 Å². The highest BCUT2D eigenvalue weighted by molar-refractivity contribution is 14.1. The Morgan fingerprint density at radius 1 is 1.33 bits per heavy atom. The molecule has 0 fully saturated rings. The lowest BCUT2D eigenvalue weighted by Gasteiger charge is -2.08. The molecule has 0 aromatic carbocycles. The van der Waals surface area contributed by atoms with Gasteiger partial charge in [-0.2, -0.15) is 5.10 Å². The van der Waals surface area contributed by atoms with Crippen LogP contribution < -0.4 is 5.32 Å². The summed E-state index contributed by atoms with van der Waals surface area (Å²) in [4.78, 5) is 4.61. The molecule has 0 saturated carbocycles. The highest BCUT2D eigenvalue weighted by Crippen LogP contribution is 2.12. The maximum absolute atomic E-state index is 4.61. The SMILES string of the molecule is CCNCc1cc(CC)nc(-n2cc(I)cn2)c1. The third-order valence-electron chi connectivity index (χ3n) is 2.65. The first-order valence-electron chi connectivity index (χ1n) is 6.14. The molecule has 2 aromatic rings. The van der Waals surface area contributed by atoms with Gasteiger partial charge in [0.2, 0.25) is 0 Å². The first-order valence-corrected chi connectivity index (χ1v) is 7.22. The monoisotopic (exact) mass is 356 g/mol. The summed E-state index contributed by atoms with van der Waals surface area (Å²) < 4.78 is 2.95. The number of nitrogens with zero attached hydrogens (tertiary/aromatic N) is 3. The molecule has 0 bridgehead atoms. The van der Waals surface area contributed by atoms with Crippen LogP contribution in [0.4, 0.5) is 0 Å². The third kappa shape index (κ3) is 3.29. The molecule has 0 aliphatic carbocycles. The van der Waals surface area contributed by atoms with Crippen molar-refractivity contribution in [1.82, 2.24) is 20.1 Å². The normalized spacial score (nSPS) is 10.8. The molecule has 0 saturated heterocycles. The largest absolute Gasteiger partial charge is 0.313 e. The number of aryl methyl sites for hydroxylation is 1. The van der Waals surface area contributed by atoms with E-state index in [1.807, 2.05) is 17.1 Å². The first kappa shape index (κ1) is 13.5. The molecule has 0 aliphatic rings. The summed E-state index contributed by atoms with van der Waals surface area (Å²) in [5, 5.41) is 7.65. The molecule has 0 atom stereocenters. The number of pyridine rings is 1. The average molecular weight is 356 g/mol. The van der Waals surface area contributed by atoms with Crippen LogP contribution in [0.3, 0.4) is 0 Å². The Morgan fingerprint density at radius 3 is 2.78 bits per heavy atom. The van der Waals surface area contributed by atoms with Gasteiger partial charge in [-0.25, -0.2) is 9.67 Å². The van der Waals surface area contributed by atoms with Crippen LogP contribution in [0.5, 0.6) is 0 Å². The Labute approximate surface area is 121 Å². The Bertz CT molecular complexity index is 521. The van der Waals surface area contributed by atoms with Gasteiger partial charge in [0.25, 0.3) is 0 Å². The van der Waals surface area contributed by atoms with Crippen molar-refractivity contribution in [2.75, 3.05) is 6.54 Å². The van der Waals surface area contributed by atoms with E-state index in [-0.39, 0.29) is 0 Å². The standard InChI is InChI=1S/C13H17IN4/c1-3-12-5-10(7-15-4-2)6-13(17-12)18-9-11(14)8-16-18/h5-6,8-9,15H,3-4,7H2,1-2H3. The number of nitrogens with one attached hydrogen (secondary N) is 1. The van der Waals surface area contributed by atoms with Gasteiger partial charge in [-0.3, -0.25) is 0 Å². The highest BCUT2D eigenvalue weighted by atomic mass is 127. The summed E-state index contributed by atoms with van der Waals surface area (Å²) in [5.41, 5.74) is 2.36. The van der Waals surface area contributed by atoms with Crippen molar-refractivity contribution in [3.63, 3.8) is 0 Å². The summed E-state index contributed by atoms with van der Waals surface area (Å²) in [5.74, 6) is 0.894. The van der Waals surface area contributed by atoms with Crippen molar-refractivity contribution in [3.05, 3.63) is 39.4 Å². The fourth-order valence-electron chi connectivity index (χ4n) is 1.73. The van der Waals surface area contributed by atoms with Crippen LogP contribution in [0.2, 0.25) is 0 Å². The van der Waals surface area contributed by atoms with Gasteiger partial charge in [-0.1, -0.05) is 13.8 Å². The van der Waals surface area contributed by atoms with Crippen LogP contribution in [0.1, 0.15) is 25.1 Å². The lowest BCUT2D eigenvalue weighted by atomic mass is 10.2. The van der Waals surface area contributed by atoms with Crippen LogP contribution in [-0.2, 0) is 13.0 Å². The van der Waals surface area contributed by atoms with Crippen LogP contribution >= 0.6 is 22.6 Å². The van der Waals surface area contributed by atoms with Crippen molar-refractivity contribution in [1.29, 1.82) is 0 Å². The molecule has 0 aliphatic heterocycles. The van der Waals surface area contributed by atoms with E-state index < -0.39 is 0 Å². The second-order valence-corrected chi connectivity index (χ2v) is 5.31. The average Bonchev–Trinajstić information content (AvgIpc) is 2.82. The fraction of sp³-hybridized carbons (Fsp3) is 0.385. The number of hydrogen-bond acceptors (Lipinski definition) is 3. The van der Waals surface area contributed by atoms with E-state index in [1.54, 1.807) is 0 Å². The predicted molar refractivity (Wildman–Crippen MR) is 80.8 cm³/mol. The van der Waals surface area contributed by atoms with Crippen LogP contribution in [0.25, 0.3) is 5.82 Å². The maximum atomic E-state index is 4.61. The van der Waals surface area contributed by atoms with Crippen molar-refractivity contribution in [3.8, 4) is 5.82 Å². The minimum absolute atomic E-state index is 0.872. The Balaban J connectivity index is 2.34. The van der Waals surface area contributed by atoms with E-state index in [2.05, 4.69) is 64.0 Å². The predicted octanol–water partition coefficient (Wildman–Crippen LogP) is 2.54. The van der Waals surface area contributed by atoms with E-state index >= 15 is 0 Å². The Morgan fingerprint density at radius 2 is 2.17 bits per heavy atom. The van der Waals surface area contributed by atoms with E-state index in [4.69, 9.17) is 0 Å². The van der Waals surface area contributed by atoms with E-state index in [1.165, 1.54) is 5.56 Å². The molecule has 2 rings (SSSR count). The van der Waals surface area contributed by atoms with Gasteiger partial charge in [-0.15, -0.1) is 0 Å². The van der Waals surface area contributed by atoms with Gasteiger partial charge < -0.3 is 5.32 Å². The Hall–Kier alpha value is -0.950. The van der Waals surface area contributed by atoms with Crippen LogP contribution in [0, 0.1) is 3.57 Å². The minimum Gasteiger partial charge on any atom is -0.313 e. The van der Waals surface area contributed by atoms with Gasteiger partial charge in [0, 0.05) is 18.4 Å². The zero-order valence-corrected chi connectivity index (χ0v) is 12.8. The van der Waals surface area contributed by atoms with Crippen molar-refractivity contribution in [2.45, 2.75) is 26.8 Å². The smallest absolute Gasteiger partial charge is 0.153 e. The topological polar surface area (TPSA) is 42.7 Å². The van der Waals surface area contributed by atoms with E-state index in [0.717, 1.165) is 34.6 Å². The lowest BCUT2D eigenvalue weighted by molar-refractivity contribution is 0.720. The second kappa shape index (κ2) is 6.29. The molecule has 0 unspecified atom stereocenters. The Kier molecular flexibility index (Phi) is 4.71. The molecular formula is C13H17IN4. The molecule has 0 radical (unpaired) electrons. The molecule has 0 spiro atoms. The maximum Gasteiger partial charge on any atom is 0.153 e. The molecular weight excluding hydrogens is 339 g/mol. The van der Waals surface area contributed by atoms with Crippen molar-refractivity contribution in [2.24, 2.45) is 0 Å².